The zero-order valence-electron chi connectivity index (χ0n) is 46.1. The van der Waals surface area contributed by atoms with Crippen LogP contribution in [0.15, 0.2) is 12.2 Å². The molecule has 0 heterocycles. The standard InChI is InChI=1S/C62H121NO5/c1-3-5-7-9-11-13-15-17-19-21-22-23-24-25-26-27-28-30-31-33-35-38-42-46-50-54-60(65)59(58-64)63-61(66)55-51-47-43-39-37-41-45-49-53-57-68-62(67)56-52-48-44-40-36-34-32-29-20-18-16-14-12-10-8-6-4-2/h18,20,59-60,64-65H,3-17,19,21-58H2,1-2H3,(H,63,66)/b20-18-. The van der Waals surface area contributed by atoms with Gasteiger partial charge in [0, 0.05) is 12.8 Å². The van der Waals surface area contributed by atoms with Crippen molar-refractivity contribution in [1.82, 2.24) is 5.32 Å². The molecule has 0 aliphatic heterocycles. The lowest BCUT2D eigenvalue weighted by molar-refractivity contribution is -0.143. The molecular weight excluding hydrogens is 839 g/mol. The molecule has 0 aliphatic carbocycles. The number of rotatable bonds is 58. The minimum Gasteiger partial charge on any atom is -0.466 e. The fourth-order valence-electron chi connectivity index (χ4n) is 9.81. The zero-order valence-corrected chi connectivity index (χ0v) is 46.1. The molecule has 0 spiro atoms. The maximum Gasteiger partial charge on any atom is 0.305 e. The van der Waals surface area contributed by atoms with E-state index in [4.69, 9.17) is 4.74 Å². The predicted molar refractivity (Wildman–Crippen MR) is 297 cm³/mol. The summed E-state index contributed by atoms with van der Waals surface area (Å²) in [5, 5.41) is 23.4. The molecule has 3 N–H and O–H groups in total. The van der Waals surface area contributed by atoms with Crippen LogP contribution in [0, 0.1) is 0 Å². The first-order valence-corrected chi connectivity index (χ1v) is 30.9. The number of carbonyl (C=O) groups excluding carboxylic acids is 2. The van der Waals surface area contributed by atoms with Crippen LogP contribution in [-0.4, -0.2) is 47.4 Å². The van der Waals surface area contributed by atoms with Crippen LogP contribution < -0.4 is 5.32 Å². The largest absolute Gasteiger partial charge is 0.466 e. The Morgan fingerprint density at radius 3 is 1.04 bits per heavy atom. The molecule has 1 amide bonds. The first-order valence-electron chi connectivity index (χ1n) is 30.9. The van der Waals surface area contributed by atoms with Crippen molar-refractivity contribution < 1.29 is 24.5 Å². The van der Waals surface area contributed by atoms with Gasteiger partial charge in [-0.2, -0.15) is 0 Å². The van der Waals surface area contributed by atoms with Crippen LogP contribution in [0.3, 0.4) is 0 Å². The summed E-state index contributed by atoms with van der Waals surface area (Å²) < 4.78 is 5.47. The lowest BCUT2D eigenvalue weighted by atomic mass is 10.0. The number of unbranched alkanes of at least 4 members (excludes halogenated alkanes) is 45. The molecular formula is C62H121NO5. The Morgan fingerprint density at radius 1 is 0.397 bits per heavy atom. The fourth-order valence-corrected chi connectivity index (χ4v) is 9.81. The average molecular weight is 961 g/mol. The minimum atomic E-state index is -0.683. The van der Waals surface area contributed by atoms with Crippen molar-refractivity contribution >= 4 is 11.9 Å². The number of hydrogen-bond donors (Lipinski definition) is 3. The first-order chi connectivity index (χ1) is 33.5. The summed E-state index contributed by atoms with van der Waals surface area (Å²) in [6.07, 6.45) is 69.3. The number of nitrogens with one attached hydrogen (secondary N) is 1. The predicted octanol–water partition coefficient (Wildman–Crippen LogP) is 19.2. The topological polar surface area (TPSA) is 95.9 Å². The van der Waals surface area contributed by atoms with E-state index >= 15 is 0 Å². The van der Waals surface area contributed by atoms with Gasteiger partial charge in [-0.1, -0.05) is 296 Å². The van der Waals surface area contributed by atoms with Crippen LogP contribution in [0.5, 0.6) is 0 Å². The molecule has 0 aromatic heterocycles. The number of hydrogen-bond acceptors (Lipinski definition) is 5. The van der Waals surface area contributed by atoms with E-state index in [0.717, 1.165) is 57.8 Å². The van der Waals surface area contributed by atoms with E-state index in [9.17, 15) is 19.8 Å². The molecule has 0 aliphatic rings. The lowest BCUT2D eigenvalue weighted by Gasteiger charge is -2.22. The molecule has 0 bridgehead atoms. The van der Waals surface area contributed by atoms with Crippen molar-refractivity contribution in [2.75, 3.05) is 13.2 Å². The maximum atomic E-state index is 12.5. The monoisotopic (exact) mass is 960 g/mol. The highest BCUT2D eigenvalue weighted by Crippen LogP contribution is 2.18. The second kappa shape index (κ2) is 58.2. The van der Waals surface area contributed by atoms with Gasteiger partial charge in [-0.15, -0.1) is 0 Å². The molecule has 0 rings (SSSR count). The number of aliphatic hydroxyl groups is 2. The Balaban J connectivity index is 3.45. The SMILES string of the molecule is CCCCCCCC/C=C\CCCCCCCCCC(=O)OCCCCCCCCCCCC(=O)NC(CO)C(O)CCCCCCCCCCCCCCCCCCCCCCCCCCC. The third kappa shape index (κ3) is 53.9. The van der Waals surface area contributed by atoms with Gasteiger partial charge in [-0.3, -0.25) is 9.59 Å². The Labute approximate surface area is 425 Å². The van der Waals surface area contributed by atoms with Crippen LogP contribution in [0.2, 0.25) is 0 Å². The Bertz CT molecular complexity index is 1020. The van der Waals surface area contributed by atoms with E-state index in [-0.39, 0.29) is 18.5 Å². The molecule has 2 unspecified atom stereocenters. The van der Waals surface area contributed by atoms with Gasteiger partial charge in [-0.05, 0) is 51.4 Å². The van der Waals surface area contributed by atoms with Crippen molar-refractivity contribution in [2.24, 2.45) is 0 Å². The number of ether oxygens (including phenoxy) is 1. The molecule has 0 fully saturated rings. The van der Waals surface area contributed by atoms with Gasteiger partial charge in [0.05, 0.1) is 25.4 Å². The van der Waals surface area contributed by atoms with Gasteiger partial charge in [0.15, 0.2) is 0 Å². The highest BCUT2D eigenvalue weighted by Gasteiger charge is 2.20. The van der Waals surface area contributed by atoms with E-state index in [0.29, 0.717) is 25.9 Å². The molecule has 0 aromatic rings. The number of amides is 1. The van der Waals surface area contributed by atoms with Crippen LogP contribution in [0.25, 0.3) is 0 Å². The van der Waals surface area contributed by atoms with E-state index in [1.807, 2.05) is 0 Å². The number of aliphatic hydroxyl groups excluding tert-OH is 2. The second-order valence-electron chi connectivity index (χ2n) is 21.4. The van der Waals surface area contributed by atoms with Crippen LogP contribution in [0.4, 0.5) is 0 Å². The Morgan fingerprint density at radius 2 is 0.691 bits per heavy atom. The van der Waals surface area contributed by atoms with Crippen molar-refractivity contribution in [3.63, 3.8) is 0 Å². The van der Waals surface area contributed by atoms with Gasteiger partial charge in [0.1, 0.15) is 0 Å². The van der Waals surface area contributed by atoms with Crippen LogP contribution in [-0.2, 0) is 14.3 Å². The molecule has 0 saturated carbocycles. The number of carbonyl (C=O) groups is 2. The quantitative estimate of drug-likeness (QED) is 0.0321. The van der Waals surface area contributed by atoms with E-state index in [1.54, 1.807) is 0 Å². The molecule has 0 aromatic carbocycles. The van der Waals surface area contributed by atoms with Gasteiger partial charge < -0.3 is 20.3 Å². The normalized spacial score (nSPS) is 12.6. The summed E-state index contributed by atoms with van der Waals surface area (Å²) in [5.74, 6) is -0.0849. The molecule has 6 heteroatoms. The fraction of sp³-hybridized carbons (Fsp3) is 0.935. The summed E-state index contributed by atoms with van der Waals surface area (Å²) in [5.41, 5.74) is 0. The number of esters is 1. The summed E-state index contributed by atoms with van der Waals surface area (Å²) >= 11 is 0. The zero-order chi connectivity index (χ0) is 49.3. The maximum absolute atomic E-state index is 12.5. The van der Waals surface area contributed by atoms with Crippen molar-refractivity contribution in [2.45, 2.75) is 360 Å². The highest BCUT2D eigenvalue weighted by atomic mass is 16.5. The third-order valence-corrected chi connectivity index (χ3v) is 14.6. The Kier molecular flexibility index (Phi) is 57.0. The molecule has 68 heavy (non-hydrogen) atoms. The van der Waals surface area contributed by atoms with Gasteiger partial charge >= 0.3 is 5.97 Å². The van der Waals surface area contributed by atoms with Crippen LogP contribution >= 0.6 is 0 Å². The van der Waals surface area contributed by atoms with Crippen molar-refractivity contribution in [3.8, 4) is 0 Å². The smallest absolute Gasteiger partial charge is 0.305 e. The van der Waals surface area contributed by atoms with Gasteiger partial charge in [0.2, 0.25) is 5.91 Å². The molecule has 0 radical (unpaired) electrons. The van der Waals surface area contributed by atoms with E-state index < -0.39 is 12.1 Å². The van der Waals surface area contributed by atoms with Crippen molar-refractivity contribution in [1.29, 1.82) is 0 Å². The van der Waals surface area contributed by atoms with Gasteiger partial charge in [-0.25, -0.2) is 0 Å². The average Bonchev–Trinajstić information content (AvgIpc) is 3.34. The Hall–Kier alpha value is -1.40. The molecule has 0 saturated heterocycles. The highest BCUT2D eigenvalue weighted by molar-refractivity contribution is 5.76. The number of allylic oxidation sites excluding steroid dienone is 2. The second-order valence-corrected chi connectivity index (χ2v) is 21.4. The molecule has 2 atom stereocenters. The summed E-state index contributed by atoms with van der Waals surface area (Å²) in [6.45, 7) is 4.92. The summed E-state index contributed by atoms with van der Waals surface area (Å²) in [6, 6.07) is -0.563. The first kappa shape index (κ1) is 66.6. The van der Waals surface area contributed by atoms with Crippen LogP contribution in [0.1, 0.15) is 348 Å². The summed E-state index contributed by atoms with van der Waals surface area (Å²) in [7, 11) is 0. The molecule has 6 nitrogen and oxygen atoms in total. The third-order valence-electron chi connectivity index (χ3n) is 14.6. The lowest BCUT2D eigenvalue weighted by Crippen LogP contribution is -2.45. The summed E-state index contributed by atoms with van der Waals surface area (Å²) in [4.78, 5) is 24.6. The van der Waals surface area contributed by atoms with Gasteiger partial charge in [0.25, 0.3) is 0 Å². The van der Waals surface area contributed by atoms with E-state index in [1.165, 1.54) is 257 Å². The van der Waals surface area contributed by atoms with E-state index in [2.05, 4.69) is 31.3 Å². The minimum absolute atomic E-state index is 0.0266. The molecule has 404 valence electrons. The van der Waals surface area contributed by atoms with Crippen molar-refractivity contribution in [3.05, 3.63) is 12.2 Å².